The Kier molecular flexibility index (Phi) is 19.8. The van der Waals surface area contributed by atoms with Crippen molar-refractivity contribution in [2.24, 2.45) is 38.9 Å². The maximum Gasteiger partial charge on any atom is 0.263 e. The van der Waals surface area contributed by atoms with E-state index in [4.69, 9.17) is 18.9 Å². The van der Waals surface area contributed by atoms with Crippen molar-refractivity contribution in [1.29, 1.82) is 0 Å². The highest BCUT2D eigenvalue weighted by Crippen LogP contribution is 2.47. The number of rotatable bonds is 18. The quantitative estimate of drug-likeness (QED) is 0.0663. The van der Waals surface area contributed by atoms with Crippen molar-refractivity contribution in [3.8, 4) is 0 Å². The zero-order chi connectivity index (χ0) is 71.9. The number of hydrogen-bond acceptors (Lipinski definition) is 16. The van der Waals surface area contributed by atoms with Gasteiger partial charge in [0.1, 0.15) is 25.0 Å². The molecule has 1 aliphatic carbocycles. The van der Waals surface area contributed by atoms with E-state index >= 15 is 4.79 Å². The third-order valence-electron chi connectivity index (χ3n) is 22.5. The lowest BCUT2D eigenvalue weighted by Gasteiger charge is -2.46. The summed E-state index contributed by atoms with van der Waals surface area (Å²) in [6.07, 6.45) is 6.38. The highest BCUT2D eigenvalue weighted by molar-refractivity contribution is 6.35. The highest BCUT2D eigenvalue weighted by atomic mass is 16.5. The Morgan fingerprint density at radius 3 is 1.17 bits per heavy atom. The fourth-order valence-electron chi connectivity index (χ4n) is 15.1. The van der Waals surface area contributed by atoms with E-state index in [-0.39, 0.29) is 128 Å². The molecule has 20 nitrogen and oxygen atoms in total. The normalized spacial score (nSPS) is 22.8. The Balaban J connectivity index is 0.813. The van der Waals surface area contributed by atoms with Gasteiger partial charge < -0.3 is 18.9 Å². The average molecular weight is 1350 g/mol. The number of carbonyl (C=O) groups is 12. The van der Waals surface area contributed by atoms with Gasteiger partial charge in [-0.25, -0.2) is 4.90 Å². The number of benzene rings is 4. The zero-order valence-corrected chi connectivity index (χ0v) is 60.2. The van der Waals surface area contributed by atoms with Crippen LogP contribution in [0.2, 0.25) is 0 Å². The second-order valence-electron chi connectivity index (χ2n) is 33.0. The second-order valence-corrected chi connectivity index (χ2v) is 33.0. The van der Waals surface area contributed by atoms with Gasteiger partial charge in [0, 0.05) is 106 Å². The first-order valence-corrected chi connectivity index (χ1v) is 34.9. The van der Waals surface area contributed by atoms with Crippen molar-refractivity contribution in [2.45, 2.75) is 211 Å². The van der Waals surface area contributed by atoms with Gasteiger partial charge in [0.05, 0.1) is 48.5 Å². The molecule has 1 saturated carbocycles. The number of ketones is 4. The summed E-state index contributed by atoms with van der Waals surface area (Å²) in [7, 11) is 0. The average Bonchev–Trinajstić information content (AvgIpc) is 0.718. The minimum Gasteiger partial charge on any atom is -0.375 e. The molecule has 12 heterocycles. The Labute approximate surface area is 574 Å². The molecular formula is C78H98N4O16. The summed E-state index contributed by atoms with van der Waals surface area (Å²) >= 11 is 0. The number of ether oxygens (including phenoxy) is 4. The van der Waals surface area contributed by atoms with Gasteiger partial charge in [-0.05, 0) is 174 Å². The maximum atomic E-state index is 15.5. The van der Waals surface area contributed by atoms with Crippen LogP contribution >= 0.6 is 0 Å². The molecule has 13 aliphatic rings. The summed E-state index contributed by atoms with van der Waals surface area (Å²) in [5, 5.41) is 0.780. The van der Waals surface area contributed by atoms with Crippen LogP contribution in [0.4, 0.5) is 0 Å². The van der Waals surface area contributed by atoms with Crippen LogP contribution in [0.3, 0.4) is 0 Å². The van der Waals surface area contributed by atoms with Crippen molar-refractivity contribution in [3.63, 3.8) is 0 Å². The molecule has 17 rings (SSSR count). The lowest BCUT2D eigenvalue weighted by atomic mass is 9.65. The van der Waals surface area contributed by atoms with Crippen LogP contribution in [-0.4, -0.2) is 153 Å². The molecule has 10 bridgehead atoms. The molecule has 4 aromatic rings. The van der Waals surface area contributed by atoms with Crippen LogP contribution in [-0.2, 0) is 38.1 Å². The van der Waals surface area contributed by atoms with E-state index in [1.54, 1.807) is 20.8 Å². The molecule has 4 aromatic carbocycles. The monoisotopic (exact) mass is 1350 g/mol. The molecule has 1 fully saturated rings. The highest BCUT2D eigenvalue weighted by Gasteiger charge is 2.52. The summed E-state index contributed by atoms with van der Waals surface area (Å²) in [6.45, 7) is 29.2. The predicted octanol–water partition coefficient (Wildman–Crippen LogP) is 13.1. The first-order chi connectivity index (χ1) is 45.6. The lowest BCUT2D eigenvalue weighted by Crippen LogP contribution is -2.55. The smallest absolute Gasteiger partial charge is 0.263 e. The fourth-order valence-corrected chi connectivity index (χ4v) is 15.1. The first-order valence-electron chi connectivity index (χ1n) is 34.9. The van der Waals surface area contributed by atoms with Crippen molar-refractivity contribution in [1.82, 2.24) is 19.6 Å². The number of hydrogen-bond donors (Lipinski definition) is 0. The number of imide groups is 4. The topological polar surface area (TPSA) is 255 Å². The third-order valence-corrected chi connectivity index (χ3v) is 22.5. The number of nitrogens with zero attached hydrogens (tertiary/aromatic N) is 4. The van der Waals surface area contributed by atoms with E-state index in [2.05, 4.69) is 0 Å². The van der Waals surface area contributed by atoms with E-state index < -0.39 is 110 Å². The molecule has 526 valence electrons. The lowest BCUT2D eigenvalue weighted by molar-refractivity contribution is -0.166. The van der Waals surface area contributed by atoms with Gasteiger partial charge in [-0.1, -0.05) is 68.7 Å². The van der Waals surface area contributed by atoms with Gasteiger partial charge in [-0.3, -0.25) is 72.2 Å². The van der Waals surface area contributed by atoms with Gasteiger partial charge in [-0.15, -0.1) is 0 Å². The standard InChI is InChI=1S/C78H98N4O16/c1-17-38-95-43-81-67(91)51-28-30-53-60-54(31-29-52(59(51)60)68(81)92)70(94)82(69(53)93)44-98-76(12,13)34-19-33-75(10,11)96-41-71(2,3)42-97-77(14,15)78(16)35-18-32-73(6,7)61(85)45-20-22-46(23-21-45)62(86)74(8,9)37-36-72(4,5)55(83)39-79-63(87)47-24-26-49-58-50(27-25-48(57(47)58)64(79)88)66(90)80(65(49)89)40-56(78)84/h24-31,45-46H,17-23,32-44H2,1-16H3. The number of amides is 8. The van der Waals surface area contributed by atoms with Crippen molar-refractivity contribution >= 4 is 91.9 Å². The summed E-state index contributed by atoms with van der Waals surface area (Å²) in [6, 6.07) is 11.7. The van der Waals surface area contributed by atoms with Crippen LogP contribution in [0.25, 0.3) is 21.5 Å². The Morgan fingerprint density at radius 1 is 0.418 bits per heavy atom. The minimum absolute atomic E-state index is 0.0308. The first kappa shape index (κ1) is 73.2. The van der Waals surface area contributed by atoms with Gasteiger partial charge in [0.25, 0.3) is 47.3 Å². The van der Waals surface area contributed by atoms with E-state index in [1.807, 2.05) is 90.0 Å². The second kappa shape index (κ2) is 26.5. The third kappa shape index (κ3) is 13.6. The largest absolute Gasteiger partial charge is 0.375 e. The summed E-state index contributed by atoms with van der Waals surface area (Å²) in [5.41, 5.74) is -6.42. The van der Waals surface area contributed by atoms with E-state index in [9.17, 15) is 52.7 Å². The SMILES string of the molecule is CCCOCN1C(=O)c2ccc3c4c(ccc(c24)C1=O)C(=O)N(COC(C)(C)CCCC(C)(C)OCC(C)(C)COC(C)(C)C1(C)CCCC(C)(C)C(=O)C2CCC(CC2)C(=O)C(C)(C)CCC(C)(C)C(=O)CN2C(=O)c4ccc5c6c(ccc(c46)C2=O)C(=O)N(CC1=O)C5=O)C3=O. The van der Waals surface area contributed by atoms with E-state index in [0.717, 1.165) is 19.6 Å². The molecule has 0 radical (unpaired) electrons. The van der Waals surface area contributed by atoms with Crippen LogP contribution < -0.4 is 0 Å². The molecule has 20 heteroatoms. The van der Waals surface area contributed by atoms with E-state index in [0.29, 0.717) is 83.7 Å². The summed E-state index contributed by atoms with van der Waals surface area (Å²) < 4.78 is 25.4. The van der Waals surface area contributed by atoms with Crippen molar-refractivity contribution in [3.05, 3.63) is 93.0 Å². The minimum atomic E-state index is -1.38. The van der Waals surface area contributed by atoms with Crippen molar-refractivity contribution in [2.75, 3.05) is 46.4 Å². The van der Waals surface area contributed by atoms with Crippen LogP contribution in [0.5, 0.6) is 0 Å². The van der Waals surface area contributed by atoms with Gasteiger partial charge in [0.2, 0.25) is 0 Å². The van der Waals surface area contributed by atoms with Crippen LogP contribution in [0.15, 0.2) is 48.5 Å². The Morgan fingerprint density at radius 2 is 0.765 bits per heavy atom. The molecule has 8 amide bonds. The summed E-state index contributed by atoms with van der Waals surface area (Å²) in [4.78, 5) is 176. The molecule has 0 aromatic heterocycles. The zero-order valence-electron chi connectivity index (χ0n) is 60.2. The maximum absolute atomic E-state index is 15.5. The molecule has 0 N–H and O–H groups in total. The van der Waals surface area contributed by atoms with Crippen molar-refractivity contribution < 1.29 is 76.5 Å². The summed E-state index contributed by atoms with van der Waals surface area (Å²) in [5.74, 6) is -6.56. The van der Waals surface area contributed by atoms with Gasteiger partial charge in [-0.2, -0.15) is 0 Å². The molecule has 0 spiro atoms. The predicted molar refractivity (Wildman–Crippen MR) is 366 cm³/mol. The van der Waals surface area contributed by atoms with Gasteiger partial charge >= 0.3 is 0 Å². The number of Topliss-reactive ketones (excluding diaryl/α,β-unsaturated/α-hetero) is 4. The molecule has 1 atom stereocenters. The molecule has 98 heavy (non-hydrogen) atoms. The van der Waals surface area contributed by atoms with Crippen LogP contribution in [0.1, 0.15) is 277 Å². The molecule has 1 unspecified atom stereocenters. The molecular weight excluding hydrogens is 1250 g/mol. The van der Waals surface area contributed by atoms with E-state index in [1.165, 1.54) is 48.5 Å². The fraction of sp³-hybridized carbons (Fsp3) is 0.590. The Hall–Kier alpha value is -7.52. The van der Waals surface area contributed by atoms with Crippen LogP contribution in [0, 0.1) is 38.9 Å². The Bertz CT molecular complexity index is 3900. The molecule has 0 saturated heterocycles. The number of carbonyl (C=O) groups excluding carboxylic acids is 12. The molecule has 12 aliphatic heterocycles. The van der Waals surface area contributed by atoms with Gasteiger partial charge in [0.15, 0.2) is 11.6 Å².